The van der Waals surface area contributed by atoms with Gasteiger partial charge in [0.2, 0.25) is 0 Å². The molecule has 1 rings (SSSR count). The summed E-state index contributed by atoms with van der Waals surface area (Å²) in [4.78, 5) is 10.2. The lowest BCUT2D eigenvalue weighted by Gasteiger charge is -2.06. The molecular weight excluding hydrogens is 238 g/mol. The molecule has 0 amide bonds. The Bertz CT molecular complexity index is 419. The molecule has 100 valence electrons. The summed E-state index contributed by atoms with van der Waals surface area (Å²) in [6, 6.07) is 2.16. The van der Waals surface area contributed by atoms with Crippen molar-refractivity contribution in [2.45, 2.75) is 26.2 Å². The van der Waals surface area contributed by atoms with Crippen molar-refractivity contribution >= 4 is 5.69 Å². The van der Waals surface area contributed by atoms with E-state index in [-0.39, 0.29) is 11.4 Å². The maximum atomic E-state index is 10.8. The van der Waals surface area contributed by atoms with Crippen LogP contribution in [0.2, 0.25) is 0 Å². The van der Waals surface area contributed by atoms with Crippen LogP contribution in [-0.4, -0.2) is 28.4 Å². The number of rotatable bonds is 7. The fourth-order valence-electron chi connectivity index (χ4n) is 1.51. The van der Waals surface area contributed by atoms with E-state index >= 15 is 0 Å². The molecule has 6 nitrogen and oxygen atoms in total. The molecule has 0 spiro atoms. The molecule has 1 aromatic carbocycles. The second-order valence-electron chi connectivity index (χ2n) is 3.94. The van der Waals surface area contributed by atoms with Gasteiger partial charge in [-0.2, -0.15) is 0 Å². The maximum Gasteiger partial charge on any atom is 0.276 e. The zero-order valence-corrected chi connectivity index (χ0v) is 10.3. The first kappa shape index (κ1) is 14.2. The molecular formula is C12H17NO5. The Morgan fingerprint density at radius 3 is 2.56 bits per heavy atom. The monoisotopic (exact) mass is 255 g/mol. The van der Waals surface area contributed by atoms with Gasteiger partial charge < -0.3 is 14.9 Å². The lowest BCUT2D eigenvalue weighted by Crippen LogP contribution is -2.03. The number of unbranched alkanes of at least 4 members (excludes halogenated alkanes) is 1. The fraction of sp³-hybridized carbons (Fsp3) is 0.500. The number of ether oxygens (including phenoxy) is 1. The van der Waals surface area contributed by atoms with Crippen molar-refractivity contribution < 1.29 is 19.9 Å². The highest BCUT2D eigenvalue weighted by Crippen LogP contribution is 2.32. The zero-order valence-electron chi connectivity index (χ0n) is 10.3. The number of hydrogen-bond donors (Lipinski definition) is 2. The van der Waals surface area contributed by atoms with Crippen LogP contribution in [0.5, 0.6) is 11.5 Å². The number of phenolic OH excluding ortho intramolecular Hbond substituents is 2. The minimum Gasteiger partial charge on any atom is -0.504 e. The minimum absolute atomic E-state index is 0.204. The molecule has 0 aliphatic heterocycles. The Balaban J connectivity index is 2.68. The lowest BCUT2D eigenvalue weighted by molar-refractivity contribution is -0.385. The van der Waals surface area contributed by atoms with Gasteiger partial charge in [0.15, 0.2) is 11.5 Å². The largest absolute Gasteiger partial charge is 0.504 e. The summed E-state index contributed by atoms with van der Waals surface area (Å²) in [6.07, 6.45) is 2.30. The van der Waals surface area contributed by atoms with Crippen LogP contribution in [0.15, 0.2) is 12.1 Å². The predicted octanol–water partition coefficient (Wildman–Crippen LogP) is 2.37. The normalized spacial score (nSPS) is 10.5. The van der Waals surface area contributed by atoms with Crippen LogP contribution in [0.3, 0.4) is 0 Å². The molecule has 0 radical (unpaired) electrons. The highest BCUT2D eigenvalue weighted by Gasteiger charge is 2.17. The van der Waals surface area contributed by atoms with E-state index < -0.39 is 10.7 Å². The quantitative estimate of drug-likeness (QED) is 0.337. The van der Waals surface area contributed by atoms with E-state index in [2.05, 4.69) is 0 Å². The van der Waals surface area contributed by atoms with Crippen LogP contribution >= 0.6 is 0 Å². The SMILES string of the molecule is CCCCOCCc1cc(O)c(O)cc1[N+](=O)[O-]. The van der Waals surface area contributed by atoms with Crippen molar-refractivity contribution in [2.75, 3.05) is 13.2 Å². The van der Waals surface area contributed by atoms with Gasteiger partial charge in [-0.1, -0.05) is 13.3 Å². The van der Waals surface area contributed by atoms with E-state index in [1.807, 2.05) is 6.92 Å². The van der Waals surface area contributed by atoms with E-state index in [1.54, 1.807) is 0 Å². The molecule has 0 aromatic heterocycles. The van der Waals surface area contributed by atoms with Crippen molar-refractivity contribution in [3.05, 3.63) is 27.8 Å². The van der Waals surface area contributed by atoms with Crippen LogP contribution in [0.4, 0.5) is 5.69 Å². The molecule has 0 aliphatic rings. The summed E-state index contributed by atoms with van der Waals surface area (Å²) in [6.45, 7) is 3.02. The summed E-state index contributed by atoms with van der Waals surface area (Å²) in [5.41, 5.74) is 0.149. The smallest absolute Gasteiger partial charge is 0.276 e. The highest BCUT2D eigenvalue weighted by atomic mass is 16.6. The van der Waals surface area contributed by atoms with E-state index in [0.717, 1.165) is 18.9 Å². The summed E-state index contributed by atoms with van der Waals surface area (Å²) in [7, 11) is 0. The second-order valence-corrected chi connectivity index (χ2v) is 3.94. The molecule has 0 aliphatic carbocycles. The van der Waals surface area contributed by atoms with E-state index in [1.165, 1.54) is 6.07 Å². The number of phenols is 2. The number of hydrogen-bond acceptors (Lipinski definition) is 5. The van der Waals surface area contributed by atoms with E-state index in [0.29, 0.717) is 25.2 Å². The van der Waals surface area contributed by atoms with Crippen LogP contribution in [-0.2, 0) is 11.2 Å². The summed E-state index contributed by atoms with van der Waals surface area (Å²) >= 11 is 0. The Kier molecular flexibility index (Phi) is 5.38. The van der Waals surface area contributed by atoms with E-state index in [9.17, 15) is 20.3 Å². The van der Waals surface area contributed by atoms with Crippen molar-refractivity contribution in [3.8, 4) is 11.5 Å². The van der Waals surface area contributed by atoms with Gasteiger partial charge in [0, 0.05) is 18.6 Å². The third kappa shape index (κ3) is 3.89. The van der Waals surface area contributed by atoms with Crippen LogP contribution < -0.4 is 0 Å². The summed E-state index contributed by atoms with van der Waals surface area (Å²) < 4.78 is 5.32. The van der Waals surface area contributed by atoms with Crippen molar-refractivity contribution in [3.63, 3.8) is 0 Å². The molecule has 2 N–H and O–H groups in total. The Morgan fingerprint density at radius 2 is 1.94 bits per heavy atom. The number of benzene rings is 1. The molecule has 0 fully saturated rings. The van der Waals surface area contributed by atoms with Crippen LogP contribution in [0, 0.1) is 10.1 Å². The van der Waals surface area contributed by atoms with Gasteiger partial charge in [-0.25, -0.2) is 0 Å². The molecule has 0 bridgehead atoms. The Hall–Kier alpha value is -1.82. The molecule has 6 heteroatoms. The summed E-state index contributed by atoms with van der Waals surface area (Å²) in [5, 5.41) is 29.4. The number of nitrogens with zero attached hydrogens (tertiary/aromatic N) is 1. The lowest BCUT2D eigenvalue weighted by atomic mass is 10.1. The number of nitro groups is 1. The zero-order chi connectivity index (χ0) is 13.5. The van der Waals surface area contributed by atoms with Crippen LogP contribution in [0.1, 0.15) is 25.3 Å². The third-order valence-electron chi connectivity index (χ3n) is 2.53. The Morgan fingerprint density at radius 1 is 1.28 bits per heavy atom. The van der Waals surface area contributed by atoms with Crippen molar-refractivity contribution in [2.24, 2.45) is 0 Å². The molecule has 1 aromatic rings. The van der Waals surface area contributed by atoms with E-state index in [4.69, 9.17) is 4.74 Å². The molecule has 0 atom stereocenters. The molecule has 0 unspecified atom stereocenters. The molecule has 0 heterocycles. The van der Waals surface area contributed by atoms with Crippen molar-refractivity contribution in [1.82, 2.24) is 0 Å². The first-order valence-electron chi connectivity index (χ1n) is 5.83. The van der Waals surface area contributed by atoms with Gasteiger partial charge in [0.25, 0.3) is 5.69 Å². The first-order valence-corrected chi connectivity index (χ1v) is 5.83. The average molecular weight is 255 g/mol. The molecule has 18 heavy (non-hydrogen) atoms. The van der Waals surface area contributed by atoms with Gasteiger partial charge in [0.1, 0.15) is 0 Å². The average Bonchev–Trinajstić information content (AvgIpc) is 2.32. The standard InChI is InChI=1S/C12H17NO5/c1-2-3-5-18-6-4-9-7-11(14)12(15)8-10(9)13(16)17/h7-8,14-15H,2-6H2,1H3. The predicted molar refractivity (Wildman–Crippen MR) is 65.9 cm³/mol. The highest BCUT2D eigenvalue weighted by molar-refractivity contribution is 5.52. The second kappa shape index (κ2) is 6.80. The fourth-order valence-corrected chi connectivity index (χ4v) is 1.51. The van der Waals surface area contributed by atoms with Gasteiger partial charge in [-0.05, 0) is 12.5 Å². The molecule has 0 saturated carbocycles. The third-order valence-corrected chi connectivity index (χ3v) is 2.53. The topological polar surface area (TPSA) is 92.8 Å². The summed E-state index contributed by atoms with van der Waals surface area (Å²) in [5.74, 6) is -0.846. The van der Waals surface area contributed by atoms with Gasteiger partial charge >= 0.3 is 0 Å². The maximum absolute atomic E-state index is 10.8. The first-order chi connectivity index (χ1) is 8.56. The number of nitro benzene ring substituents is 1. The molecule has 0 saturated heterocycles. The Labute approximate surface area is 105 Å². The minimum atomic E-state index is -0.583. The van der Waals surface area contributed by atoms with Gasteiger partial charge in [-0.3, -0.25) is 10.1 Å². The number of aromatic hydroxyl groups is 2. The van der Waals surface area contributed by atoms with Gasteiger partial charge in [0.05, 0.1) is 17.6 Å². The van der Waals surface area contributed by atoms with Gasteiger partial charge in [-0.15, -0.1) is 0 Å². The van der Waals surface area contributed by atoms with Crippen LogP contribution in [0.25, 0.3) is 0 Å². The van der Waals surface area contributed by atoms with Crippen molar-refractivity contribution in [1.29, 1.82) is 0 Å².